The van der Waals surface area contributed by atoms with Gasteiger partial charge in [0.2, 0.25) is 5.91 Å². The number of aryl methyl sites for hydroxylation is 1. The monoisotopic (exact) mass is 522 g/mol. The van der Waals surface area contributed by atoms with E-state index >= 15 is 0 Å². The lowest BCUT2D eigenvalue weighted by atomic mass is 9.94. The SMILES string of the molecule is COC(=O)Cn1cc(-c2nc(NC(=O)C3(c4ccc5c(c4)OC(F)(F)O5)CC3)ccc2C)cc(C#N)c1=O. The van der Waals surface area contributed by atoms with Gasteiger partial charge in [-0.15, -0.1) is 8.78 Å². The Morgan fingerprint density at radius 3 is 2.61 bits per heavy atom. The molecule has 3 aromatic rings. The quantitative estimate of drug-likeness (QED) is 0.488. The van der Waals surface area contributed by atoms with E-state index in [2.05, 4.69) is 24.5 Å². The van der Waals surface area contributed by atoms with Crippen molar-refractivity contribution in [3.8, 4) is 28.8 Å². The highest BCUT2D eigenvalue weighted by Gasteiger charge is 2.53. The van der Waals surface area contributed by atoms with Gasteiger partial charge in [-0.25, -0.2) is 4.98 Å². The number of amides is 1. The van der Waals surface area contributed by atoms with Crippen LogP contribution in [-0.4, -0.2) is 34.8 Å². The van der Waals surface area contributed by atoms with Crippen molar-refractivity contribution in [2.75, 3.05) is 12.4 Å². The Morgan fingerprint density at radius 1 is 1.18 bits per heavy atom. The molecule has 1 fully saturated rings. The van der Waals surface area contributed by atoms with Crippen LogP contribution >= 0.6 is 0 Å². The summed E-state index contributed by atoms with van der Waals surface area (Å²) in [5, 5.41) is 12.2. The first-order valence-corrected chi connectivity index (χ1v) is 11.5. The summed E-state index contributed by atoms with van der Waals surface area (Å²) in [5.41, 5.74) is 0.187. The zero-order valence-electron chi connectivity index (χ0n) is 20.2. The van der Waals surface area contributed by atoms with E-state index in [0.29, 0.717) is 35.2 Å². The number of nitrogens with one attached hydrogen (secondary N) is 1. The predicted octanol–water partition coefficient (Wildman–Crippen LogP) is 3.26. The highest BCUT2D eigenvalue weighted by Crippen LogP contribution is 2.52. The highest BCUT2D eigenvalue weighted by molar-refractivity contribution is 6.01. The summed E-state index contributed by atoms with van der Waals surface area (Å²) in [5.74, 6) is -1.08. The first kappa shape index (κ1) is 24.9. The lowest BCUT2D eigenvalue weighted by molar-refractivity contribution is -0.286. The molecule has 194 valence electrons. The second-order valence-corrected chi connectivity index (χ2v) is 8.99. The molecule has 0 spiro atoms. The molecule has 3 heterocycles. The average molecular weight is 522 g/mol. The van der Waals surface area contributed by atoms with E-state index in [1.165, 1.54) is 31.5 Å². The normalized spacial score (nSPS) is 15.9. The Bertz CT molecular complexity index is 1590. The van der Waals surface area contributed by atoms with Crippen LogP contribution in [0.3, 0.4) is 0 Å². The van der Waals surface area contributed by atoms with Crippen LogP contribution in [0, 0.1) is 18.3 Å². The molecule has 1 saturated carbocycles. The van der Waals surface area contributed by atoms with E-state index in [4.69, 9.17) is 0 Å². The number of carbonyl (C=O) groups excluding carboxylic acids is 2. The molecule has 1 N–H and O–H groups in total. The predicted molar refractivity (Wildman–Crippen MR) is 128 cm³/mol. The van der Waals surface area contributed by atoms with Crippen LogP contribution in [0.25, 0.3) is 11.3 Å². The van der Waals surface area contributed by atoms with Crippen LogP contribution in [-0.2, 0) is 26.3 Å². The van der Waals surface area contributed by atoms with Gasteiger partial charge < -0.3 is 24.1 Å². The number of alkyl halides is 2. The standard InChI is InChI=1S/C26H20F2N4O6/c1-14-3-6-20(30-22(14)16-9-15(11-29)23(34)32(12-16)13-21(33)36-2)31-24(35)25(7-8-25)17-4-5-18-19(10-17)38-26(27,28)37-18/h3-6,9-10,12H,7-8,13H2,1-2H3,(H,30,31,35). The van der Waals surface area contributed by atoms with Crippen LogP contribution in [0.5, 0.6) is 11.5 Å². The second kappa shape index (κ2) is 8.95. The topological polar surface area (TPSA) is 133 Å². The van der Waals surface area contributed by atoms with Crippen LogP contribution in [0.4, 0.5) is 14.6 Å². The van der Waals surface area contributed by atoms with Crippen LogP contribution in [0.2, 0.25) is 0 Å². The largest absolute Gasteiger partial charge is 0.586 e. The summed E-state index contributed by atoms with van der Waals surface area (Å²) in [7, 11) is 1.19. The molecule has 0 bridgehead atoms. The van der Waals surface area contributed by atoms with E-state index < -0.39 is 29.8 Å². The maximum Gasteiger partial charge on any atom is 0.586 e. The molecule has 38 heavy (non-hydrogen) atoms. The van der Waals surface area contributed by atoms with Gasteiger partial charge in [0.25, 0.3) is 5.56 Å². The van der Waals surface area contributed by atoms with Gasteiger partial charge in [-0.3, -0.25) is 14.4 Å². The zero-order chi connectivity index (χ0) is 27.2. The van der Waals surface area contributed by atoms with Gasteiger partial charge in [0.05, 0.1) is 18.2 Å². The number of nitrogens with zero attached hydrogens (tertiary/aromatic N) is 3. The number of aromatic nitrogens is 2. The minimum atomic E-state index is -3.76. The molecule has 0 atom stereocenters. The van der Waals surface area contributed by atoms with Crippen molar-refractivity contribution < 1.29 is 32.6 Å². The Hall–Kier alpha value is -4.79. The molecule has 2 aromatic heterocycles. The van der Waals surface area contributed by atoms with Crippen molar-refractivity contribution >= 4 is 17.7 Å². The number of ether oxygens (including phenoxy) is 3. The van der Waals surface area contributed by atoms with Gasteiger partial charge in [0.1, 0.15) is 24.0 Å². The number of benzene rings is 1. The fraction of sp³-hybridized carbons (Fsp3) is 0.269. The third kappa shape index (κ3) is 4.43. The summed E-state index contributed by atoms with van der Waals surface area (Å²) in [6.07, 6.45) is -1.37. The van der Waals surface area contributed by atoms with Gasteiger partial charge in [-0.2, -0.15) is 5.26 Å². The first-order valence-electron chi connectivity index (χ1n) is 11.5. The van der Waals surface area contributed by atoms with E-state index in [9.17, 15) is 28.4 Å². The molecule has 1 aliphatic carbocycles. The number of pyridine rings is 2. The van der Waals surface area contributed by atoms with Gasteiger partial charge in [-0.1, -0.05) is 12.1 Å². The summed E-state index contributed by atoms with van der Waals surface area (Å²) in [4.78, 5) is 42.1. The lowest BCUT2D eigenvalue weighted by Crippen LogP contribution is -2.28. The number of carbonyl (C=O) groups is 2. The van der Waals surface area contributed by atoms with Crippen LogP contribution < -0.4 is 20.3 Å². The maximum absolute atomic E-state index is 13.4. The summed E-state index contributed by atoms with van der Waals surface area (Å²) in [6.45, 7) is 1.37. The number of esters is 1. The molecule has 0 saturated heterocycles. The third-order valence-corrected chi connectivity index (χ3v) is 6.48. The molecule has 1 amide bonds. The Labute approximate surface area is 214 Å². The Kier molecular flexibility index (Phi) is 5.86. The number of nitriles is 1. The Balaban J connectivity index is 1.44. The van der Waals surface area contributed by atoms with E-state index in [1.54, 1.807) is 25.1 Å². The maximum atomic E-state index is 13.4. The Morgan fingerprint density at radius 2 is 1.92 bits per heavy atom. The van der Waals surface area contributed by atoms with E-state index in [1.807, 2.05) is 6.07 Å². The third-order valence-electron chi connectivity index (χ3n) is 6.48. The average Bonchev–Trinajstić information content (AvgIpc) is 3.63. The van der Waals surface area contributed by atoms with Crippen LogP contribution in [0.15, 0.2) is 47.4 Å². The molecule has 1 aromatic carbocycles. The van der Waals surface area contributed by atoms with Crippen molar-refractivity contribution in [2.45, 2.75) is 38.0 Å². The van der Waals surface area contributed by atoms with Gasteiger partial charge in [0.15, 0.2) is 11.5 Å². The number of methoxy groups -OCH3 is 1. The minimum absolute atomic E-state index is 0.106. The molecular weight excluding hydrogens is 502 g/mol. The van der Waals surface area contributed by atoms with Crippen molar-refractivity contribution in [1.29, 1.82) is 5.26 Å². The molecule has 2 aliphatic rings. The summed E-state index contributed by atoms with van der Waals surface area (Å²) < 4.78 is 41.5. The molecule has 1 aliphatic heterocycles. The summed E-state index contributed by atoms with van der Waals surface area (Å²) in [6, 6.07) is 10.8. The van der Waals surface area contributed by atoms with Gasteiger partial charge >= 0.3 is 12.3 Å². The number of fused-ring (bicyclic) bond motifs is 1. The molecular formula is C26H20F2N4O6. The number of anilines is 1. The second-order valence-electron chi connectivity index (χ2n) is 8.99. The molecule has 5 rings (SSSR count). The van der Waals surface area contributed by atoms with Gasteiger partial charge in [0, 0.05) is 11.8 Å². The van der Waals surface area contributed by atoms with Crippen molar-refractivity contribution in [1.82, 2.24) is 9.55 Å². The van der Waals surface area contributed by atoms with Crippen molar-refractivity contribution in [3.05, 3.63) is 69.6 Å². The lowest BCUT2D eigenvalue weighted by Gasteiger charge is -2.17. The first-order chi connectivity index (χ1) is 18.0. The van der Waals surface area contributed by atoms with E-state index in [0.717, 1.165) is 4.57 Å². The number of hydrogen-bond acceptors (Lipinski definition) is 8. The highest BCUT2D eigenvalue weighted by atomic mass is 19.3. The molecule has 0 unspecified atom stereocenters. The molecule has 10 nitrogen and oxygen atoms in total. The zero-order valence-corrected chi connectivity index (χ0v) is 20.2. The number of hydrogen-bond donors (Lipinski definition) is 1. The smallest absolute Gasteiger partial charge is 0.468 e. The molecule has 0 radical (unpaired) electrons. The van der Waals surface area contributed by atoms with Crippen molar-refractivity contribution in [3.63, 3.8) is 0 Å². The summed E-state index contributed by atoms with van der Waals surface area (Å²) >= 11 is 0. The molecule has 12 heteroatoms. The van der Waals surface area contributed by atoms with E-state index in [-0.39, 0.29) is 28.8 Å². The fourth-order valence-corrected chi connectivity index (χ4v) is 4.31. The minimum Gasteiger partial charge on any atom is -0.468 e. The fourth-order valence-electron chi connectivity index (χ4n) is 4.31. The number of halogens is 2. The number of rotatable bonds is 6. The van der Waals surface area contributed by atoms with Crippen LogP contribution in [0.1, 0.15) is 29.5 Å². The van der Waals surface area contributed by atoms with Gasteiger partial charge in [-0.05, 0) is 55.2 Å². The van der Waals surface area contributed by atoms with Crippen molar-refractivity contribution in [2.24, 2.45) is 0 Å².